The van der Waals surface area contributed by atoms with Crippen LogP contribution in [0.2, 0.25) is 0 Å². The monoisotopic (exact) mass is 498 g/mol. The van der Waals surface area contributed by atoms with Crippen LogP contribution in [0.15, 0.2) is 78.9 Å². The van der Waals surface area contributed by atoms with E-state index in [1.165, 1.54) is 5.69 Å². The van der Waals surface area contributed by atoms with Gasteiger partial charge in [0.2, 0.25) is 0 Å². The molecule has 8 heteroatoms. The lowest BCUT2D eigenvalue weighted by atomic mass is 10.2. The normalized spacial score (nSPS) is 13.4. The average molecular weight is 499 g/mol. The summed E-state index contributed by atoms with van der Waals surface area (Å²) in [4.78, 5) is 22.2. The van der Waals surface area contributed by atoms with Crippen molar-refractivity contribution in [3.63, 3.8) is 0 Å². The molecule has 1 aliphatic heterocycles. The molecule has 1 N–H and O–H groups in total. The third kappa shape index (κ3) is 5.53. The highest BCUT2D eigenvalue weighted by Gasteiger charge is 2.19. The van der Waals surface area contributed by atoms with E-state index < -0.39 is 0 Å². The first-order chi connectivity index (χ1) is 18.1. The van der Waals surface area contributed by atoms with Crippen LogP contribution in [0.5, 0.6) is 17.2 Å². The van der Waals surface area contributed by atoms with Crippen LogP contribution in [0.3, 0.4) is 0 Å². The van der Waals surface area contributed by atoms with Crippen molar-refractivity contribution >= 4 is 34.0 Å². The van der Waals surface area contributed by atoms with Crippen LogP contribution < -0.4 is 29.3 Å². The quantitative estimate of drug-likeness (QED) is 0.381. The Balaban J connectivity index is 1.25. The Morgan fingerprint density at radius 2 is 1.57 bits per heavy atom. The van der Waals surface area contributed by atoms with Crippen molar-refractivity contribution in [3.05, 3.63) is 78.9 Å². The molecule has 0 aliphatic carbocycles. The molecule has 0 unspecified atom stereocenters. The smallest absolute Gasteiger partial charge is 0.262 e. The molecule has 1 amide bonds. The molecular formula is C29H30N4O4. The number of hydrogen-bond acceptors (Lipinski definition) is 7. The number of amides is 1. The van der Waals surface area contributed by atoms with Crippen LogP contribution in [0.1, 0.15) is 0 Å². The molecule has 37 heavy (non-hydrogen) atoms. The molecule has 0 atom stereocenters. The number of nitrogens with zero attached hydrogens (tertiary/aromatic N) is 3. The number of hydrogen-bond donors (Lipinski definition) is 1. The Morgan fingerprint density at radius 1 is 0.811 bits per heavy atom. The maximum Gasteiger partial charge on any atom is 0.262 e. The molecule has 0 spiro atoms. The number of pyridine rings is 1. The van der Waals surface area contributed by atoms with Gasteiger partial charge in [0.25, 0.3) is 5.91 Å². The number of carbonyl (C=O) groups is 1. The Morgan fingerprint density at radius 3 is 2.32 bits per heavy atom. The zero-order chi connectivity index (χ0) is 25.6. The lowest BCUT2D eigenvalue weighted by Gasteiger charge is -2.36. The SMILES string of the molecule is COc1ccc(NC(=O)COc2cccc3ccc(N4CCN(c5ccccc5)CC4)nc23)cc1OC. The van der Waals surface area contributed by atoms with Gasteiger partial charge in [0.05, 0.1) is 14.2 Å². The number of anilines is 3. The van der Waals surface area contributed by atoms with Crippen LogP contribution in [-0.2, 0) is 4.79 Å². The van der Waals surface area contributed by atoms with Crippen LogP contribution >= 0.6 is 0 Å². The number of para-hydroxylation sites is 2. The summed E-state index contributed by atoms with van der Waals surface area (Å²) >= 11 is 0. The summed E-state index contributed by atoms with van der Waals surface area (Å²) in [7, 11) is 3.12. The fourth-order valence-electron chi connectivity index (χ4n) is 4.49. The summed E-state index contributed by atoms with van der Waals surface area (Å²) < 4.78 is 16.5. The van der Waals surface area contributed by atoms with Gasteiger partial charge in [-0.05, 0) is 42.5 Å². The number of carbonyl (C=O) groups excluding carboxylic acids is 1. The Bertz CT molecular complexity index is 1370. The summed E-state index contributed by atoms with van der Waals surface area (Å²) in [6.07, 6.45) is 0. The largest absolute Gasteiger partial charge is 0.493 e. The highest BCUT2D eigenvalue weighted by Crippen LogP contribution is 2.30. The van der Waals surface area contributed by atoms with Gasteiger partial charge in [-0.2, -0.15) is 0 Å². The van der Waals surface area contributed by atoms with Gasteiger partial charge < -0.3 is 29.3 Å². The van der Waals surface area contributed by atoms with Crippen molar-refractivity contribution in [1.82, 2.24) is 4.98 Å². The fraction of sp³-hybridized carbons (Fsp3) is 0.241. The molecule has 1 aromatic heterocycles. The zero-order valence-electron chi connectivity index (χ0n) is 21.0. The van der Waals surface area contributed by atoms with E-state index in [9.17, 15) is 4.79 Å². The first-order valence-corrected chi connectivity index (χ1v) is 12.2. The molecule has 2 heterocycles. The van der Waals surface area contributed by atoms with Gasteiger partial charge in [-0.15, -0.1) is 0 Å². The number of benzene rings is 3. The number of piperazine rings is 1. The highest BCUT2D eigenvalue weighted by molar-refractivity contribution is 5.93. The molecule has 1 aliphatic rings. The Hall–Kier alpha value is -4.46. The second-order valence-corrected chi connectivity index (χ2v) is 8.71. The van der Waals surface area contributed by atoms with Gasteiger partial charge in [0.15, 0.2) is 18.1 Å². The standard InChI is InChI=1S/C29H30N4O4/c1-35-24-13-12-22(19-26(24)36-2)30-28(34)20-37-25-10-6-7-21-11-14-27(31-29(21)25)33-17-15-32(16-18-33)23-8-4-3-5-9-23/h3-14,19H,15-18,20H2,1-2H3,(H,30,34). The summed E-state index contributed by atoms with van der Waals surface area (Å²) in [5.74, 6) is 2.33. The van der Waals surface area contributed by atoms with E-state index >= 15 is 0 Å². The zero-order valence-corrected chi connectivity index (χ0v) is 21.0. The number of nitrogens with one attached hydrogen (secondary N) is 1. The second kappa shape index (κ2) is 11.1. The number of fused-ring (bicyclic) bond motifs is 1. The van der Waals surface area contributed by atoms with Gasteiger partial charge in [-0.3, -0.25) is 4.79 Å². The average Bonchev–Trinajstić information content (AvgIpc) is 2.96. The number of rotatable bonds is 8. The predicted molar refractivity (Wildman–Crippen MR) is 146 cm³/mol. The topological polar surface area (TPSA) is 76.2 Å². The maximum atomic E-state index is 12.6. The van der Waals surface area contributed by atoms with E-state index in [2.05, 4.69) is 45.4 Å². The first-order valence-electron chi connectivity index (χ1n) is 12.2. The van der Waals surface area contributed by atoms with E-state index in [4.69, 9.17) is 19.2 Å². The highest BCUT2D eigenvalue weighted by atomic mass is 16.5. The third-order valence-electron chi connectivity index (χ3n) is 6.42. The molecule has 3 aromatic carbocycles. The minimum Gasteiger partial charge on any atom is -0.493 e. The number of aromatic nitrogens is 1. The molecule has 8 nitrogen and oxygen atoms in total. The van der Waals surface area contributed by atoms with Crippen molar-refractivity contribution in [2.75, 3.05) is 62.1 Å². The van der Waals surface area contributed by atoms with Crippen LogP contribution in [-0.4, -0.2) is 57.9 Å². The molecule has 4 aromatic rings. The maximum absolute atomic E-state index is 12.6. The number of ether oxygens (including phenoxy) is 3. The first kappa shape index (κ1) is 24.2. The summed E-state index contributed by atoms with van der Waals surface area (Å²) in [6, 6.07) is 25.5. The van der Waals surface area contributed by atoms with Crippen molar-refractivity contribution < 1.29 is 19.0 Å². The van der Waals surface area contributed by atoms with E-state index in [-0.39, 0.29) is 12.5 Å². The summed E-state index contributed by atoms with van der Waals surface area (Å²) in [5, 5.41) is 3.80. The molecule has 0 saturated carbocycles. The molecular weight excluding hydrogens is 468 g/mol. The number of methoxy groups -OCH3 is 2. The predicted octanol–water partition coefficient (Wildman–Crippen LogP) is 4.60. The van der Waals surface area contributed by atoms with E-state index in [0.29, 0.717) is 22.9 Å². The van der Waals surface area contributed by atoms with E-state index in [1.807, 2.05) is 30.3 Å². The van der Waals surface area contributed by atoms with Gasteiger partial charge in [0, 0.05) is 49.0 Å². The van der Waals surface area contributed by atoms with E-state index in [1.54, 1.807) is 32.4 Å². The minimum atomic E-state index is -0.280. The van der Waals surface area contributed by atoms with Crippen LogP contribution in [0.4, 0.5) is 17.2 Å². The summed E-state index contributed by atoms with van der Waals surface area (Å²) in [5.41, 5.74) is 2.58. The lowest BCUT2D eigenvalue weighted by Crippen LogP contribution is -2.46. The Labute approximate surface area is 216 Å². The molecule has 0 bridgehead atoms. The van der Waals surface area contributed by atoms with Crippen molar-refractivity contribution in [1.29, 1.82) is 0 Å². The van der Waals surface area contributed by atoms with Gasteiger partial charge in [0.1, 0.15) is 17.1 Å². The molecule has 0 radical (unpaired) electrons. The fourth-order valence-corrected chi connectivity index (χ4v) is 4.49. The van der Waals surface area contributed by atoms with Crippen LogP contribution in [0.25, 0.3) is 10.9 Å². The van der Waals surface area contributed by atoms with E-state index in [0.717, 1.165) is 42.9 Å². The van der Waals surface area contributed by atoms with Gasteiger partial charge >= 0.3 is 0 Å². The Kier molecular flexibility index (Phi) is 7.26. The summed E-state index contributed by atoms with van der Waals surface area (Å²) in [6.45, 7) is 3.47. The third-order valence-corrected chi connectivity index (χ3v) is 6.42. The van der Waals surface area contributed by atoms with Crippen LogP contribution in [0, 0.1) is 0 Å². The molecule has 5 rings (SSSR count). The van der Waals surface area contributed by atoms with Crippen molar-refractivity contribution in [3.8, 4) is 17.2 Å². The van der Waals surface area contributed by atoms with Crippen molar-refractivity contribution in [2.24, 2.45) is 0 Å². The second-order valence-electron chi connectivity index (χ2n) is 8.71. The van der Waals surface area contributed by atoms with Gasteiger partial charge in [-0.1, -0.05) is 30.3 Å². The lowest BCUT2D eigenvalue weighted by molar-refractivity contribution is -0.118. The van der Waals surface area contributed by atoms with Crippen molar-refractivity contribution in [2.45, 2.75) is 0 Å². The van der Waals surface area contributed by atoms with Gasteiger partial charge in [-0.25, -0.2) is 4.98 Å². The minimum absolute atomic E-state index is 0.144. The molecule has 1 saturated heterocycles. The molecule has 190 valence electrons. The molecule has 1 fully saturated rings.